The van der Waals surface area contributed by atoms with Crippen molar-refractivity contribution in [3.63, 3.8) is 0 Å². The highest BCUT2D eigenvalue weighted by molar-refractivity contribution is 4.92. The molecule has 3 nitrogen and oxygen atoms in total. The molecule has 0 spiro atoms. The summed E-state index contributed by atoms with van der Waals surface area (Å²) < 4.78 is 0. The average molecular weight is 124 g/mol. The fraction of sp³-hybridized carbons (Fsp3) is 0.500. The zero-order valence-electron chi connectivity index (χ0n) is 5.39. The Morgan fingerprint density at radius 1 is 1.89 bits per heavy atom. The van der Waals surface area contributed by atoms with E-state index in [-0.39, 0.29) is 6.04 Å². The quantitative estimate of drug-likeness (QED) is 0.631. The molecule has 3 heteroatoms. The van der Waals surface area contributed by atoms with Gasteiger partial charge in [-0.05, 0) is 6.42 Å². The summed E-state index contributed by atoms with van der Waals surface area (Å²) >= 11 is 0. The van der Waals surface area contributed by atoms with E-state index in [2.05, 4.69) is 9.97 Å². The molecule has 0 bridgehead atoms. The summed E-state index contributed by atoms with van der Waals surface area (Å²) in [6, 6.07) is -0.181. The van der Waals surface area contributed by atoms with Crippen molar-refractivity contribution < 1.29 is 0 Å². The third-order valence-corrected chi connectivity index (χ3v) is 1.26. The molecule has 1 atom stereocenters. The first-order chi connectivity index (χ1) is 4.34. The normalized spacial score (nSPS) is 13.6. The summed E-state index contributed by atoms with van der Waals surface area (Å²) in [5, 5.41) is 0. The van der Waals surface area contributed by atoms with Crippen LogP contribution in [0, 0.1) is 0 Å². The maximum absolute atomic E-state index is 7.38. The van der Waals surface area contributed by atoms with Crippen LogP contribution in [0.15, 0.2) is 12.4 Å². The van der Waals surface area contributed by atoms with Gasteiger partial charge in [-0.25, -0.2) is 10.7 Å². The lowest BCUT2D eigenvalue weighted by atomic mass is 10.2. The number of nitrogens with one attached hydrogen (secondary N) is 2. The molecule has 0 fully saturated rings. The van der Waals surface area contributed by atoms with Crippen LogP contribution in [0.1, 0.15) is 25.2 Å². The summed E-state index contributed by atoms with van der Waals surface area (Å²) in [7, 11) is 0. The van der Waals surface area contributed by atoms with Crippen molar-refractivity contribution in [3.8, 4) is 0 Å². The topological polar surface area (TPSA) is 52.5 Å². The van der Waals surface area contributed by atoms with Crippen LogP contribution in [-0.2, 0) is 0 Å². The Labute approximate surface area is 54.3 Å². The number of aromatic nitrogens is 2. The lowest BCUT2D eigenvalue weighted by Gasteiger charge is -2.00. The Bertz CT molecular complexity index is 157. The van der Waals surface area contributed by atoms with E-state index in [1.54, 1.807) is 12.4 Å². The van der Waals surface area contributed by atoms with Gasteiger partial charge in [0.25, 0.3) is 0 Å². The SMILES string of the molecule is CCC([NH])c1ncc[nH]1. The lowest BCUT2D eigenvalue weighted by molar-refractivity contribution is 0.638. The molecule has 0 saturated carbocycles. The van der Waals surface area contributed by atoms with E-state index in [0.29, 0.717) is 0 Å². The van der Waals surface area contributed by atoms with Crippen LogP contribution >= 0.6 is 0 Å². The van der Waals surface area contributed by atoms with Crippen molar-refractivity contribution in [2.24, 2.45) is 0 Å². The summed E-state index contributed by atoms with van der Waals surface area (Å²) in [5.74, 6) is 0.762. The van der Waals surface area contributed by atoms with E-state index in [9.17, 15) is 0 Å². The molecular formula is C6H10N3. The van der Waals surface area contributed by atoms with Gasteiger partial charge in [-0.15, -0.1) is 0 Å². The minimum atomic E-state index is -0.181. The molecule has 1 radical (unpaired) electrons. The third-order valence-electron chi connectivity index (χ3n) is 1.26. The van der Waals surface area contributed by atoms with Gasteiger partial charge in [-0.3, -0.25) is 0 Å². The molecule has 0 aliphatic carbocycles. The molecule has 1 heterocycles. The molecule has 0 aromatic carbocycles. The van der Waals surface area contributed by atoms with Crippen molar-refractivity contribution >= 4 is 0 Å². The number of hydrogen-bond donors (Lipinski definition) is 1. The Morgan fingerprint density at radius 3 is 3.11 bits per heavy atom. The second-order valence-electron chi connectivity index (χ2n) is 1.94. The highest BCUT2D eigenvalue weighted by Crippen LogP contribution is 2.07. The van der Waals surface area contributed by atoms with Gasteiger partial charge >= 0.3 is 0 Å². The van der Waals surface area contributed by atoms with Crippen LogP contribution in [0.5, 0.6) is 0 Å². The fourth-order valence-corrected chi connectivity index (χ4v) is 0.661. The molecule has 1 aromatic rings. The van der Waals surface area contributed by atoms with Crippen molar-refractivity contribution in [2.75, 3.05) is 0 Å². The van der Waals surface area contributed by atoms with Gasteiger partial charge in [0.1, 0.15) is 5.82 Å². The van der Waals surface area contributed by atoms with Gasteiger partial charge < -0.3 is 4.98 Å². The van der Waals surface area contributed by atoms with Gasteiger partial charge in [-0.1, -0.05) is 6.92 Å². The maximum Gasteiger partial charge on any atom is 0.124 e. The molecule has 9 heavy (non-hydrogen) atoms. The highest BCUT2D eigenvalue weighted by atomic mass is 14.9. The summed E-state index contributed by atoms with van der Waals surface area (Å²) in [6.45, 7) is 1.97. The Morgan fingerprint density at radius 2 is 2.67 bits per heavy atom. The predicted molar refractivity (Wildman–Crippen MR) is 34.7 cm³/mol. The van der Waals surface area contributed by atoms with Crippen LogP contribution < -0.4 is 5.73 Å². The minimum absolute atomic E-state index is 0.181. The molecule has 1 rings (SSSR count). The van der Waals surface area contributed by atoms with Crippen molar-refractivity contribution in [3.05, 3.63) is 18.2 Å². The predicted octanol–water partition coefficient (Wildman–Crippen LogP) is 1.14. The van der Waals surface area contributed by atoms with Gasteiger partial charge in [0, 0.05) is 12.4 Å². The number of hydrogen-bond acceptors (Lipinski definition) is 1. The molecule has 0 aliphatic heterocycles. The van der Waals surface area contributed by atoms with Gasteiger partial charge in [0.05, 0.1) is 6.04 Å². The zero-order valence-corrected chi connectivity index (χ0v) is 5.39. The van der Waals surface area contributed by atoms with Crippen LogP contribution in [-0.4, -0.2) is 9.97 Å². The molecule has 49 valence electrons. The number of imidazole rings is 1. The zero-order chi connectivity index (χ0) is 6.69. The van der Waals surface area contributed by atoms with Crippen LogP contribution in [0.25, 0.3) is 0 Å². The maximum atomic E-state index is 7.38. The van der Waals surface area contributed by atoms with Crippen molar-refractivity contribution in [2.45, 2.75) is 19.4 Å². The second kappa shape index (κ2) is 2.64. The van der Waals surface area contributed by atoms with Crippen molar-refractivity contribution in [1.29, 1.82) is 0 Å². The standard InChI is InChI=1S/C6H10N3/c1-2-5(7)6-8-3-4-9-6/h3-5,7H,2H2,1H3,(H,8,9). The van der Waals surface area contributed by atoms with E-state index in [1.165, 1.54) is 0 Å². The average Bonchev–Trinajstić information content (AvgIpc) is 2.37. The Hall–Kier alpha value is -0.830. The molecule has 1 aromatic heterocycles. The summed E-state index contributed by atoms with van der Waals surface area (Å²) in [6.07, 6.45) is 4.23. The van der Waals surface area contributed by atoms with Crippen LogP contribution in [0.2, 0.25) is 0 Å². The highest BCUT2D eigenvalue weighted by Gasteiger charge is 2.03. The van der Waals surface area contributed by atoms with Crippen molar-refractivity contribution in [1.82, 2.24) is 15.7 Å². The van der Waals surface area contributed by atoms with Crippen LogP contribution in [0.3, 0.4) is 0 Å². The number of H-pyrrole nitrogens is 1. The lowest BCUT2D eigenvalue weighted by Crippen LogP contribution is -1.98. The second-order valence-corrected chi connectivity index (χ2v) is 1.94. The number of nitrogens with zero attached hydrogens (tertiary/aromatic N) is 1. The molecule has 0 saturated heterocycles. The van der Waals surface area contributed by atoms with Gasteiger partial charge in [0.15, 0.2) is 0 Å². The summed E-state index contributed by atoms with van der Waals surface area (Å²) in [4.78, 5) is 6.83. The summed E-state index contributed by atoms with van der Waals surface area (Å²) in [5.41, 5.74) is 7.38. The minimum Gasteiger partial charge on any atom is -0.347 e. The van der Waals surface area contributed by atoms with Gasteiger partial charge in [-0.2, -0.15) is 0 Å². The van der Waals surface area contributed by atoms with Gasteiger partial charge in [0.2, 0.25) is 0 Å². The largest absolute Gasteiger partial charge is 0.347 e. The molecule has 0 aliphatic rings. The molecular weight excluding hydrogens is 114 g/mol. The van der Waals surface area contributed by atoms with E-state index >= 15 is 0 Å². The Balaban J connectivity index is 2.65. The van der Waals surface area contributed by atoms with E-state index < -0.39 is 0 Å². The monoisotopic (exact) mass is 124 g/mol. The number of rotatable bonds is 2. The van der Waals surface area contributed by atoms with Crippen LogP contribution in [0.4, 0.5) is 0 Å². The smallest absolute Gasteiger partial charge is 0.124 e. The Kier molecular flexibility index (Phi) is 1.85. The molecule has 0 amide bonds. The molecule has 2 N–H and O–H groups in total. The molecule has 1 unspecified atom stereocenters. The van der Waals surface area contributed by atoms with E-state index in [0.717, 1.165) is 12.2 Å². The third kappa shape index (κ3) is 1.29. The first-order valence-corrected chi connectivity index (χ1v) is 3.05. The van der Waals surface area contributed by atoms with E-state index in [1.807, 2.05) is 6.92 Å². The van der Waals surface area contributed by atoms with E-state index in [4.69, 9.17) is 5.73 Å². The number of aromatic amines is 1. The first-order valence-electron chi connectivity index (χ1n) is 3.05. The first kappa shape index (κ1) is 6.29. The fourth-order valence-electron chi connectivity index (χ4n) is 0.661.